The van der Waals surface area contributed by atoms with Crippen molar-refractivity contribution in [2.24, 2.45) is 5.92 Å². The van der Waals surface area contributed by atoms with Crippen LogP contribution < -0.4 is 5.32 Å². The van der Waals surface area contributed by atoms with E-state index in [-0.39, 0.29) is 13.0 Å². The first-order valence-electron chi connectivity index (χ1n) is 5.70. The number of carboxylic acid groups (broad SMARTS) is 1. The van der Waals surface area contributed by atoms with Gasteiger partial charge in [0.2, 0.25) is 0 Å². The standard InChI is InChI=1S/C11H23NO3/c1-10(6-8-13)9-12-7-4-2-3-5-11(14)15/h10,12-13H,2-9H2,1H3,(H,14,15). The minimum atomic E-state index is -0.709. The van der Waals surface area contributed by atoms with Gasteiger partial charge in [-0.05, 0) is 38.3 Å². The Hall–Kier alpha value is -0.610. The molecule has 0 aromatic heterocycles. The molecule has 0 aromatic rings. The second-order valence-electron chi connectivity index (χ2n) is 4.03. The van der Waals surface area contributed by atoms with E-state index >= 15 is 0 Å². The largest absolute Gasteiger partial charge is 0.481 e. The quantitative estimate of drug-likeness (QED) is 0.481. The molecule has 90 valence electrons. The predicted molar refractivity (Wildman–Crippen MR) is 59.8 cm³/mol. The molecule has 0 bridgehead atoms. The molecule has 4 nitrogen and oxygen atoms in total. The van der Waals surface area contributed by atoms with Gasteiger partial charge in [-0.1, -0.05) is 13.3 Å². The zero-order chi connectivity index (χ0) is 11.5. The molecule has 0 saturated carbocycles. The van der Waals surface area contributed by atoms with Crippen LogP contribution in [0.4, 0.5) is 0 Å². The monoisotopic (exact) mass is 217 g/mol. The van der Waals surface area contributed by atoms with Crippen LogP contribution in [0.2, 0.25) is 0 Å². The molecule has 0 aromatic carbocycles. The van der Waals surface area contributed by atoms with Crippen molar-refractivity contribution in [2.75, 3.05) is 19.7 Å². The Balaban J connectivity index is 3.07. The van der Waals surface area contributed by atoms with E-state index in [1.54, 1.807) is 0 Å². The molecule has 4 heteroatoms. The fourth-order valence-corrected chi connectivity index (χ4v) is 1.37. The molecule has 0 rings (SSSR count). The van der Waals surface area contributed by atoms with E-state index in [1.165, 1.54) is 0 Å². The third-order valence-electron chi connectivity index (χ3n) is 2.36. The van der Waals surface area contributed by atoms with E-state index in [9.17, 15) is 4.79 Å². The Morgan fingerprint density at radius 2 is 2.07 bits per heavy atom. The number of aliphatic carboxylic acids is 1. The molecule has 0 aliphatic rings. The number of rotatable bonds is 10. The first kappa shape index (κ1) is 14.4. The van der Waals surface area contributed by atoms with Crippen molar-refractivity contribution in [3.05, 3.63) is 0 Å². The molecule has 3 N–H and O–H groups in total. The van der Waals surface area contributed by atoms with E-state index in [4.69, 9.17) is 10.2 Å². The maximum atomic E-state index is 10.2. The van der Waals surface area contributed by atoms with Gasteiger partial charge in [-0.25, -0.2) is 0 Å². The molecule has 0 fully saturated rings. The number of aliphatic hydroxyl groups excluding tert-OH is 1. The van der Waals surface area contributed by atoms with Crippen LogP contribution in [0.15, 0.2) is 0 Å². The van der Waals surface area contributed by atoms with Crippen molar-refractivity contribution in [3.63, 3.8) is 0 Å². The highest BCUT2D eigenvalue weighted by atomic mass is 16.4. The van der Waals surface area contributed by atoms with Crippen molar-refractivity contribution < 1.29 is 15.0 Å². The summed E-state index contributed by atoms with van der Waals surface area (Å²) in [6.45, 7) is 4.23. The number of carbonyl (C=O) groups is 1. The molecule has 0 heterocycles. The highest BCUT2D eigenvalue weighted by Gasteiger charge is 2.00. The lowest BCUT2D eigenvalue weighted by atomic mass is 10.1. The van der Waals surface area contributed by atoms with Gasteiger partial charge in [0.05, 0.1) is 0 Å². The summed E-state index contributed by atoms with van der Waals surface area (Å²) in [6, 6.07) is 0. The van der Waals surface area contributed by atoms with Crippen LogP contribution in [0, 0.1) is 5.92 Å². The lowest BCUT2D eigenvalue weighted by Gasteiger charge is -2.10. The molecule has 1 atom stereocenters. The molecule has 0 aliphatic carbocycles. The summed E-state index contributed by atoms with van der Waals surface area (Å²) >= 11 is 0. The molecule has 0 radical (unpaired) electrons. The second kappa shape index (κ2) is 9.93. The SMILES string of the molecule is CC(CCO)CNCCCCCC(=O)O. The van der Waals surface area contributed by atoms with Gasteiger partial charge in [0.15, 0.2) is 0 Å². The third kappa shape index (κ3) is 11.3. The molecule has 0 spiro atoms. The molecule has 0 aliphatic heterocycles. The van der Waals surface area contributed by atoms with Gasteiger partial charge in [-0.15, -0.1) is 0 Å². The summed E-state index contributed by atoms with van der Waals surface area (Å²) in [6.07, 6.45) is 3.88. The average molecular weight is 217 g/mol. The molecule has 1 unspecified atom stereocenters. The van der Waals surface area contributed by atoms with E-state index in [1.807, 2.05) is 0 Å². The molecule has 15 heavy (non-hydrogen) atoms. The summed E-state index contributed by atoms with van der Waals surface area (Å²) in [5.41, 5.74) is 0. The highest BCUT2D eigenvalue weighted by Crippen LogP contribution is 2.00. The van der Waals surface area contributed by atoms with Gasteiger partial charge in [-0.3, -0.25) is 4.79 Å². The average Bonchev–Trinajstić information content (AvgIpc) is 2.16. The zero-order valence-electron chi connectivity index (χ0n) is 9.54. The van der Waals surface area contributed by atoms with Crippen molar-refractivity contribution in [3.8, 4) is 0 Å². The maximum Gasteiger partial charge on any atom is 0.303 e. The smallest absolute Gasteiger partial charge is 0.303 e. The normalized spacial score (nSPS) is 12.7. The second-order valence-corrected chi connectivity index (χ2v) is 4.03. The van der Waals surface area contributed by atoms with Gasteiger partial charge < -0.3 is 15.5 Å². The molecule has 0 saturated heterocycles. The lowest BCUT2D eigenvalue weighted by Crippen LogP contribution is -2.22. The van der Waals surface area contributed by atoms with Crippen LogP contribution >= 0.6 is 0 Å². The van der Waals surface area contributed by atoms with E-state index in [2.05, 4.69) is 12.2 Å². The summed E-state index contributed by atoms with van der Waals surface area (Å²) in [4.78, 5) is 10.2. The Morgan fingerprint density at radius 3 is 2.67 bits per heavy atom. The van der Waals surface area contributed by atoms with E-state index in [0.717, 1.165) is 38.8 Å². The number of hydrogen-bond acceptors (Lipinski definition) is 3. The van der Waals surface area contributed by atoms with Crippen LogP contribution in [0.5, 0.6) is 0 Å². The number of nitrogens with one attached hydrogen (secondary N) is 1. The van der Waals surface area contributed by atoms with Crippen LogP contribution in [0.3, 0.4) is 0 Å². The first-order chi connectivity index (χ1) is 7.16. The number of unbranched alkanes of at least 4 members (excludes halogenated alkanes) is 2. The van der Waals surface area contributed by atoms with Crippen molar-refractivity contribution >= 4 is 5.97 Å². The topological polar surface area (TPSA) is 69.6 Å². The summed E-state index contributed by atoms with van der Waals surface area (Å²) in [5.74, 6) is -0.200. The number of aliphatic hydroxyl groups is 1. The lowest BCUT2D eigenvalue weighted by molar-refractivity contribution is -0.137. The first-order valence-corrected chi connectivity index (χ1v) is 5.70. The van der Waals surface area contributed by atoms with Crippen LogP contribution in [-0.4, -0.2) is 35.9 Å². The van der Waals surface area contributed by atoms with Crippen molar-refractivity contribution in [1.29, 1.82) is 0 Å². The van der Waals surface area contributed by atoms with Gasteiger partial charge in [0.1, 0.15) is 0 Å². The summed E-state index contributed by atoms with van der Waals surface area (Å²) in [7, 11) is 0. The minimum Gasteiger partial charge on any atom is -0.481 e. The summed E-state index contributed by atoms with van der Waals surface area (Å²) in [5, 5.41) is 20.4. The van der Waals surface area contributed by atoms with Crippen LogP contribution in [0.1, 0.15) is 39.0 Å². The summed E-state index contributed by atoms with van der Waals surface area (Å²) < 4.78 is 0. The Morgan fingerprint density at radius 1 is 1.33 bits per heavy atom. The zero-order valence-corrected chi connectivity index (χ0v) is 9.54. The highest BCUT2D eigenvalue weighted by molar-refractivity contribution is 5.66. The fourth-order valence-electron chi connectivity index (χ4n) is 1.37. The van der Waals surface area contributed by atoms with Crippen LogP contribution in [0.25, 0.3) is 0 Å². The number of carboxylic acids is 1. The van der Waals surface area contributed by atoms with Gasteiger partial charge in [0.25, 0.3) is 0 Å². The number of hydrogen-bond donors (Lipinski definition) is 3. The molecular formula is C11H23NO3. The Kier molecular flexibility index (Phi) is 9.52. The minimum absolute atomic E-state index is 0.251. The predicted octanol–water partition coefficient (Wildman–Crippen LogP) is 1.24. The van der Waals surface area contributed by atoms with Gasteiger partial charge >= 0.3 is 5.97 Å². The third-order valence-corrected chi connectivity index (χ3v) is 2.36. The fraction of sp³-hybridized carbons (Fsp3) is 0.909. The van der Waals surface area contributed by atoms with Gasteiger partial charge in [0, 0.05) is 13.0 Å². The Bertz CT molecular complexity index is 162. The van der Waals surface area contributed by atoms with Crippen molar-refractivity contribution in [1.82, 2.24) is 5.32 Å². The molecule has 0 amide bonds. The van der Waals surface area contributed by atoms with E-state index < -0.39 is 5.97 Å². The van der Waals surface area contributed by atoms with E-state index in [0.29, 0.717) is 5.92 Å². The van der Waals surface area contributed by atoms with Crippen molar-refractivity contribution in [2.45, 2.75) is 39.0 Å². The van der Waals surface area contributed by atoms with Crippen LogP contribution in [-0.2, 0) is 4.79 Å². The molecular weight excluding hydrogens is 194 g/mol. The van der Waals surface area contributed by atoms with Gasteiger partial charge in [-0.2, -0.15) is 0 Å². The Labute approximate surface area is 91.7 Å². The maximum absolute atomic E-state index is 10.2.